The Bertz CT molecular complexity index is 747. The van der Waals surface area contributed by atoms with Gasteiger partial charge in [0.05, 0.1) is 24.4 Å². The summed E-state index contributed by atoms with van der Waals surface area (Å²) < 4.78 is 7.25. The molecule has 3 rings (SSSR count). The van der Waals surface area contributed by atoms with Crippen LogP contribution < -0.4 is 4.74 Å². The first kappa shape index (κ1) is 13.0. The van der Waals surface area contributed by atoms with Crippen LogP contribution in [0.1, 0.15) is 11.3 Å². The SMILES string of the molecule is COc1ccc(-c2nc3c(C)cccn3c2CCl)cc1. The molecule has 0 unspecified atom stereocenters. The number of rotatable bonds is 3. The first-order valence-corrected chi connectivity index (χ1v) is 6.95. The van der Waals surface area contributed by atoms with Crippen LogP contribution in [0.3, 0.4) is 0 Å². The Hall–Kier alpha value is -2.00. The molecule has 0 aliphatic heterocycles. The third kappa shape index (κ3) is 2.04. The molecule has 0 aliphatic rings. The lowest BCUT2D eigenvalue weighted by molar-refractivity contribution is 0.415. The van der Waals surface area contributed by atoms with E-state index < -0.39 is 0 Å². The first-order chi connectivity index (χ1) is 9.74. The van der Waals surface area contributed by atoms with Gasteiger partial charge in [-0.2, -0.15) is 0 Å². The van der Waals surface area contributed by atoms with E-state index in [0.717, 1.165) is 33.9 Å². The summed E-state index contributed by atoms with van der Waals surface area (Å²) in [5, 5.41) is 0. The molecule has 102 valence electrons. The van der Waals surface area contributed by atoms with Crippen LogP contribution in [0.25, 0.3) is 16.9 Å². The number of imidazole rings is 1. The van der Waals surface area contributed by atoms with Crippen molar-refractivity contribution in [1.29, 1.82) is 0 Å². The van der Waals surface area contributed by atoms with E-state index in [1.807, 2.05) is 36.5 Å². The summed E-state index contributed by atoms with van der Waals surface area (Å²) in [4.78, 5) is 4.75. The van der Waals surface area contributed by atoms with Gasteiger partial charge in [0.1, 0.15) is 11.4 Å². The normalized spacial score (nSPS) is 10.9. The van der Waals surface area contributed by atoms with Gasteiger partial charge in [-0.05, 0) is 42.8 Å². The summed E-state index contributed by atoms with van der Waals surface area (Å²) in [5.41, 5.74) is 5.07. The van der Waals surface area contributed by atoms with E-state index in [9.17, 15) is 0 Å². The number of benzene rings is 1. The average Bonchev–Trinajstić information content (AvgIpc) is 2.87. The fraction of sp³-hybridized carbons (Fsp3) is 0.188. The summed E-state index contributed by atoms with van der Waals surface area (Å²) in [6.07, 6.45) is 2.00. The summed E-state index contributed by atoms with van der Waals surface area (Å²) in [7, 11) is 1.66. The first-order valence-electron chi connectivity index (χ1n) is 6.41. The quantitative estimate of drug-likeness (QED) is 0.679. The van der Waals surface area contributed by atoms with E-state index in [0.29, 0.717) is 5.88 Å². The maximum Gasteiger partial charge on any atom is 0.140 e. The molecule has 0 saturated carbocycles. The molecular formula is C16H15ClN2O. The zero-order valence-corrected chi connectivity index (χ0v) is 12.2. The largest absolute Gasteiger partial charge is 0.497 e. The van der Waals surface area contributed by atoms with Gasteiger partial charge in [-0.3, -0.25) is 0 Å². The molecule has 4 heteroatoms. The fourth-order valence-corrected chi connectivity index (χ4v) is 2.62. The second-order valence-electron chi connectivity index (χ2n) is 4.65. The highest BCUT2D eigenvalue weighted by atomic mass is 35.5. The van der Waals surface area contributed by atoms with Gasteiger partial charge in [0, 0.05) is 11.8 Å². The molecule has 0 atom stereocenters. The molecule has 3 aromatic rings. The molecule has 0 spiro atoms. The van der Waals surface area contributed by atoms with E-state index in [2.05, 4.69) is 17.4 Å². The minimum atomic E-state index is 0.423. The third-order valence-corrected chi connectivity index (χ3v) is 3.69. The zero-order valence-electron chi connectivity index (χ0n) is 11.4. The molecule has 3 nitrogen and oxygen atoms in total. The van der Waals surface area contributed by atoms with Crippen molar-refractivity contribution in [2.75, 3.05) is 7.11 Å². The number of hydrogen-bond acceptors (Lipinski definition) is 2. The van der Waals surface area contributed by atoms with E-state index in [1.165, 1.54) is 0 Å². The van der Waals surface area contributed by atoms with Crippen LogP contribution >= 0.6 is 11.6 Å². The molecule has 0 saturated heterocycles. The van der Waals surface area contributed by atoms with Crippen LogP contribution in [-0.2, 0) is 5.88 Å². The minimum Gasteiger partial charge on any atom is -0.497 e. The lowest BCUT2D eigenvalue weighted by Crippen LogP contribution is -1.92. The highest BCUT2D eigenvalue weighted by molar-refractivity contribution is 6.17. The number of halogens is 1. The van der Waals surface area contributed by atoms with Crippen molar-refractivity contribution < 1.29 is 4.74 Å². The van der Waals surface area contributed by atoms with Gasteiger partial charge in [0.25, 0.3) is 0 Å². The van der Waals surface area contributed by atoms with Gasteiger partial charge >= 0.3 is 0 Å². The predicted octanol–water partition coefficient (Wildman–Crippen LogP) is 4.06. The molecule has 0 amide bonds. The van der Waals surface area contributed by atoms with E-state index in [-0.39, 0.29) is 0 Å². The molecular weight excluding hydrogens is 272 g/mol. The van der Waals surface area contributed by atoms with Crippen molar-refractivity contribution in [2.24, 2.45) is 0 Å². The lowest BCUT2D eigenvalue weighted by Gasteiger charge is -2.03. The Morgan fingerprint density at radius 2 is 1.95 bits per heavy atom. The lowest BCUT2D eigenvalue weighted by atomic mass is 10.1. The third-order valence-electron chi connectivity index (χ3n) is 3.43. The molecule has 0 radical (unpaired) electrons. The van der Waals surface area contributed by atoms with E-state index >= 15 is 0 Å². The average molecular weight is 287 g/mol. The molecule has 0 bridgehead atoms. The van der Waals surface area contributed by atoms with Crippen LogP contribution in [0.15, 0.2) is 42.6 Å². The van der Waals surface area contributed by atoms with Crippen molar-refractivity contribution in [3.63, 3.8) is 0 Å². The highest BCUT2D eigenvalue weighted by Gasteiger charge is 2.14. The Morgan fingerprint density at radius 1 is 1.20 bits per heavy atom. The van der Waals surface area contributed by atoms with Crippen molar-refractivity contribution in [3.8, 4) is 17.0 Å². The molecule has 2 aromatic heterocycles. The molecule has 0 N–H and O–H groups in total. The number of aryl methyl sites for hydroxylation is 1. The molecule has 20 heavy (non-hydrogen) atoms. The molecule has 0 aliphatic carbocycles. The molecule has 0 fully saturated rings. The maximum atomic E-state index is 6.13. The standard InChI is InChI=1S/C16H15ClN2O/c1-11-4-3-9-19-14(10-17)15(18-16(11)19)12-5-7-13(20-2)8-6-12/h3-9H,10H2,1-2H3. The summed E-state index contributed by atoms with van der Waals surface area (Å²) in [6, 6.07) is 11.9. The number of alkyl halides is 1. The monoisotopic (exact) mass is 286 g/mol. The van der Waals surface area contributed by atoms with Crippen molar-refractivity contribution in [1.82, 2.24) is 9.38 Å². The fourth-order valence-electron chi connectivity index (χ4n) is 2.36. The molecule has 2 heterocycles. The van der Waals surface area contributed by atoms with Crippen molar-refractivity contribution in [2.45, 2.75) is 12.8 Å². The number of fused-ring (bicyclic) bond motifs is 1. The summed E-state index contributed by atoms with van der Waals surface area (Å²) in [5.74, 6) is 1.26. The van der Waals surface area contributed by atoms with Gasteiger partial charge in [-0.25, -0.2) is 4.98 Å². The second-order valence-corrected chi connectivity index (χ2v) is 4.92. The maximum absolute atomic E-state index is 6.13. The van der Waals surface area contributed by atoms with Crippen LogP contribution in [0.5, 0.6) is 5.75 Å². The van der Waals surface area contributed by atoms with Crippen LogP contribution in [0, 0.1) is 6.92 Å². The van der Waals surface area contributed by atoms with Crippen LogP contribution in [0.2, 0.25) is 0 Å². The number of nitrogens with zero attached hydrogens (tertiary/aromatic N) is 2. The minimum absolute atomic E-state index is 0.423. The Kier molecular flexibility index (Phi) is 3.36. The van der Waals surface area contributed by atoms with E-state index in [1.54, 1.807) is 7.11 Å². The predicted molar refractivity (Wildman–Crippen MR) is 81.5 cm³/mol. The van der Waals surface area contributed by atoms with Crippen LogP contribution in [0.4, 0.5) is 0 Å². The number of pyridine rings is 1. The second kappa shape index (κ2) is 5.17. The van der Waals surface area contributed by atoms with E-state index in [4.69, 9.17) is 21.3 Å². The van der Waals surface area contributed by atoms with Gasteiger partial charge in [0.15, 0.2) is 0 Å². The summed E-state index contributed by atoms with van der Waals surface area (Å²) >= 11 is 6.13. The zero-order chi connectivity index (χ0) is 14.1. The van der Waals surface area contributed by atoms with Crippen LogP contribution in [-0.4, -0.2) is 16.5 Å². The highest BCUT2D eigenvalue weighted by Crippen LogP contribution is 2.28. The number of ether oxygens (including phenoxy) is 1. The number of hydrogen-bond donors (Lipinski definition) is 0. The van der Waals surface area contributed by atoms with Gasteiger partial charge in [-0.1, -0.05) is 6.07 Å². The number of methoxy groups -OCH3 is 1. The Morgan fingerprint density at radius 3 is 2.60 bits per heavy atom. The molecule has 1 aromatic carbocycles. The smallest absolute Gasteiger partial charge is 0.140 e. The topological polar surface area (TPSA) is 26.5 Å². The Balaban J connectivity index is 2.21. The van der Waals surface area contributed by atoms with Gasteiger partial charge in [0.2, 0.25) is 0 Å². The van der Waals surface area contributed by atoms with Gasteiger partial charge < -0.3 is 9.14 Å². The number of aromatic nitrogens is 2. The van der Waals surface area contributed by atoms with Gasteiger partial charge in [-0.15, -0.1) is 11.6 Å². The summed E-state index contributed by atoms with van der Waals surface area (Å²) in [6.45, 7) is 2.05. The Labute approximate surface area is 122 Å². The van der Waals surface area contributed by atoms with Crippen molar-refractivity contribution >= 4 is 17.2 Å². The van der Waals surface area contributed by atoms with Crippen molar-refractivity contribution in [3.05, 3.63) is 53.9 Å².